The standard InChI is InChI=1S/C23H20N6O2/c1-3-28-19-7-5-4-6-16(19)17-12-15(8-9-20(17)28)25-23(31)18-13-24-29(14(18)2)21-10-11-22(30)27-26-21/h4-13H,3H2,1-2H3,(H,25,31)(H,27,30). The number of aromatic nitrogens is 5. The average molecular weight is 412 g/mol. The maximum atomic E-state index is 12.9. The van der Waals surface area contributed by atoms with Crippen LogP contribution in [0.4, 0.5) is 5.69 Å². The molecule has 0 spiro atoms. The molecule has 31 heavy (non-hydrogen) atoms. The minimum Gasteiger partial charge on any atom is -0.341 e. The molecule has 0 saturated heterocycles. The van der Waals surface area contributed by atoms with Crippen molar-refractivity contribution in [2.75, 3.05) is 5.32 Å². The summed E-state index contributed by atoms with van der Waals surface area (Å²) in [5.74, 6) is 0.177. The number of hydrogen-bond acceptors (Lipinski definition) is 4. The Kier molecular flexibility index (Phi) is 4.39. The Morgan fingerprint density at radius 3 is 2.65 bits per heavy atom. The third-order valence-corrected chi connectivity index (χ3v) is 5.48. The highest BCUT2D eigenvalue weighted by Crippen LogP contribution is 2.31. The molecule has 3 aromatic heterocycles. The minimum atomic E-state index is -0.300. The number of hydrogen-bond donors (Lipinski definition) is 2. The lowest BCUT2D eigenvalue weighted by Crippen LogP contribution is -2.14. The first-order valence-electron chi connectivity index (χ1n) is 10.00. The number of benzene rings is 2. The number of nitrogens with zero attached hydrogens (tertiary/aromatic N) is 4. The Balaban J connectivity index is 1.49. The van der Waals surface area contributed by atoms with E-state index in [1.54, 1.807) is 13.0 Å². The van der Waals surface area contributed by atoms with E-state index in [1.165, 1.54) is 22.5 Å². The molecule has 0 bridgehead atoms. The van der Waals surface area contributed by atoms with E-state index in [4.69, 9.17) is 0 Å². The Morgan fingerprint density at radius 2 is 1.87 bits per heavy atom. The lowest BCUT2D eigenvalue weighted by molar-refractivity contribution is 0.102. The first-order chi connectivity index (χ1) is 15.1. The quantitative estimate of drug-likeness (QED) is 0.471. The molecule has 8 nitrogen and oxygen atoms in total. The molecule has 0 aliphatic rings. The van der Waals surface area contributed by atoms with Gasteiger partial charge in [-0.05, 0) is 44.2 Å². The van der Waals surface area contributed by atoms with Gasteiger partial charge in [-0.3, -0.25) is 9.59 Å². The molecule has 0 fully saturated rings. The van der Waals surface area contributed by atoms with E-state index < -0.39 is 0 Å². The zero-order valence-corrected chi connectivity index (χ0v) is 17.1. The smallest absolute Gasteiger partial charge is 0.264 e. The second-order valence-corrected chi connectivity index (χ2v) is 7.28. The fourth-order valence-corrected chi connectivity index (χ4v) is 3.99. The van der Waals surface area contributed by atoms with Crippen LogP contribution in [-0.2, 0) is 6.54 Å². The number of rotatable bonds is 4. The van der Waals surface area contributed by atoms with Crippen molar-refractivity contribution in [3.05, 3.63) is 82.4 Å². The van der Waals surface area contributed by atoms with Gasteiger partial charge in [-0.25, -0.2) is 9.78 Å². The lowest BCUT2D eigenvalue weighted by atomic mass is 10.1. The van der Waals surface area contributed by atoms with Gasteiger partial charge in [-0.1, -0.05) is 18.2 Å². The van der Waals surface area contributed by atoms with Crippen molar-refractivity contribution in [2.45, 2.75) is 20.4 Å². The Labute approximate surface area is 177 Å². The van der Waals surface area contributed by atoms with Gasteiger partial charge in [0, 0.05) is 40.1 Å². The second-order valence-electron chi connectivity index (χ2n) is 7.28. The lowest BCUT2D eigenvalue weighted by Gasteiger charge is -2.07. The van der Waals surface area contributed by atoms with Crippen LogP contribution in [0.15, 0.2) is 65.6 Å². The summed E-state index contributed by atoms with van der Waals surface area (Å²) in [4.78, 5) is 24.2. The largest absolute Gasteiger partial charge is 0.341 e. The Hall–Kier alpha value is -4.20. The summed E-state index contributed by atoms with van der Waals surface area (Å²) in [6.45, 7) is 4.78. The molecule has 154 valence electrons. The average Bonchev–Trinajstić information content (AvgIpc) is 3.32. The number of para-hydroxylation sites is 1. The number of amides is 1. The van der Waals surface area contributed by atoms with E-state index in [9.17, 15) is 9.59 Å². The molecular formula is C23H20N6O2. The highest BCUT2D eigenvalue weighted by atomic mass is 16.1. The van der Waals surface area contributed by atoms with Crippen molar-refractivity contribution in [1.82, 2.24) is 24.5 Å². The van der Waals surface area contributed by atoms with Crippen molar-refractivity contribution in [3.8, 4) is 5.82 Å². The maximum Gasteiger partial charge on any atom is 0.264 e. The highest BCUT2D eigenvalue weighted by Gasteiger charge is 2.17. The molecule has 2 aromatic carbocycles. The molecule has 0 aliphatic carbocycles. The SMILES string of the molecule is CCn1c2ccccc2c2cc(NC(=O)c3cnn(-c4ccc(=O)[nH]n4)c3C)ccc21. The zero-order chi connectivity index (χ0) is 21.5. The summed E-state index contributed by atoms with van der Waals surface area (Å²) in [5, 5.41) is 15.8. The molecule has 0 aliphatic heterocycles. The Bertz CT molecular complexity index is 1490. The fourth-order valence-electron chi connectivity index (χ4n) is 3.99. The molecule has 5 rings (SSSR count). The van der Waals surface area contributed by atoms with E-state index in [0.29, 0.717) is 22.8 Å². The summed E-state index contributed by atoms with van der Waals surface area (Å²) in [7, 11) is 0. The third-order valence-electron chi connectivity index (χ3n) is 5.48. The molecule has 3 heterocycles. The number of aryl methyl sites for hydroxylation is 1. The van der Waals surface area contributed by atoms with Gasteiger partial charge in [0.05, 0.1) is 17.5 Å². The number of H-pyrrole nitrogens is 1. The van der Waals surface area contributed by atoms with Crippen LogP contribution in [0.25, 0.3) is 27.6 Å². The predicted octanol–water partition coefficient (Wildman–Crippen LogP) is 3.64. The number of aromatic amines is 1. The molecule has 0 unspecified atom stereocenters. The normalized spacial score (nSPS) is 11.3. The van der Waals surface area contributed by atoms with Gasteiger partial charge in [-0.2, -0.15) is 10.2 Å². The van der Waals surface area contributed by atoms with Crippen LogP contribution in [0.1, 0.15) is 23.0 Å². The van der Waals surface area contributed by atoms with Crippen LogP contribution in [0, 0.1) is 6.92 Å². The van der Waals surface area contributed by atoms with Crippen molar-refractivity contribution in [1.29, 1.82) is 0 Å². The predicted molar refractivity (Wildman–Crippen MR) is 120 cm³/mol. The number of fused-ring (bicyclic) bond motifs is 3. The Morgan fingerprint density at radius 1 is 1.06 bits per heavy atom. The summed E-state index contributed by atoms with van der Waals surface area (Å²) >= 11 is 0. The monoisotopic (exact) mass is 412 g/mol. The molecule has 0 saturated carbocycles. The second kappa shape index (κ2) is 7.24. The van der Waals surface area contributed by atoms with Crippen LogP contribution in [0.2, 0.25) is 0 Å². The number of nitrogens with one attached hydrogen (secondary N) is 2. The van der Waals surface area contributed by atoms with Gasteiger partial charge >= 0.3 is 0 Å². The van der Waals surface area contributed by atoms with E-state index >= 15 is 0 Å². The topological polar surface area (TPSA) is 97.6 Å². The molecule has 8 heteroatoms. The van der Waals surface area contributed by atoms with Gasteiger partial charge in [0.2, 0.25) is 0 Å². The van der Waals surface area contributed by atoms with E-state index in [-0.39, 0.29) is 11.5 Å². The molecule has 5 aromatic rings. The van der Waals surface area contributed by atoms with Crippen LogP contribution in [-0.4, -0.2) is 30.5 Å². The first kappa shape index (κ1) is 18.8. The number of carbonyl (C=O) groups is 1. The van der Waals surface area contributed by atoms with E-state index in [0.717, 1.165) is 22.8 Å². The van der Waals surface area contributed by atoms with Crippen molar-refractivity contribution >= 4 is 33.4 Å². The molecular weight excluding hydrogens is 392 g/mol. The van der Waals surface area contributed by atoms with Crippen LogP contribution in [0.3, 0.4) is 0 Å². The summed E-state index contributed by atoms with van der Waals surface area (Å²) < 4.78 is 3.78. The number of anilines is 1. The van der Waals surface area contributed by atoms with Crippen molar-refractivity contribution in [2.24, 2.45) is 0 Å². The zero-order valence-electron chi connectivity index (χ0n) is 17.1. The fraction of sp³-hybridized carbons (Fsp3) is 0.130. The van der Waals surface area contributed by atoms with Crippen LogP contribution < -0.4 is 10.9 Å². The molecule has 1 amide bonds. The van der Waals surface area contributed by atoms with E-state index in [1.807, 2.05) is 30.3 Å². The number of carbonyl (C=O) groups excluding carboxylic acids is 1. The van der Waals surface area contributed by atoms with Crippen molar-refractivity contribution in [3.63, 3.8) is 0 Å². The molecule has 2 N–H and O–H groups in total. The van der Waals surface area contributed by atoms with Gasteiger partial charge in [0.15, 0.2) is 5.82 Å². The van der Waals surface area contributed by atoms with Gasteiger partial charge in [0.25, 0.3) is 11.5 Å². The maximum absolute atomic E-state index is 12.9. The van der Waals surface area contributed by atoms with E-state index in [2.05, 4.69) is 44.2 Å². The summed E-state index contributed by atoms with van der Waals surface area (Å²) in [5.41, 5.74) is 3.78. The molecule has 0 atom stereocenters. The van der Waals surface area contributed by atoms with Gasteiger partial charge in [-0.15, -0.1) is 0 Å². The first-order valence-corrected chi connectivity index (χ1v) is 10.00. The van der Waals surface area contributed by atoms with Gasteiger partial charge in [0.1, 0.15) is 0 Å². The minimum absolute atomic E-state index is 0.258. The molecule has 0 radical (unpaired) electrons. The summed E-state index contributed by atoms with van der Waals surface area (Å²) in [6, 6.07) is 17.1. The summed E-state index contributed by atoms with van der Waals surface area (Å²) in [6.07, 6.45) is 1.50. The van der Waals surface area contributed by atoms with Crippen molar-refractivity contribution < 1.29 is 4.79 Å². The highest BCUT2D eigenvalue weighted by molar-refractivity contribution is 6.11. The van der Waals surface area contributed by atoms with Crippen LogP contribution in [0.5, 0.6) is 0 Å². The van der Waals surface area contributed by atoms with Crippen LogP contribution >= 0.6 is 0 Å². The van der Waals surface area contributed by atoms with Gasteiger partial charge < -0.3 is 9.88 Å². The third kappa shape index (κ3) is 3.09.